The lowest BCUT2D eigenvalue weighted by Crippen LogP contribution is -2.34. The Balaban J connectivity index is 2.56. The molecule has 2 rings (SSSR count). The van der Waals surface area contributed by atoms with E-state index in [0.717, 1.165) is 31.5 Å². The second-order valence-electron chi connectivity index (χ2n) is 4.90. The number of hydrogen-bond donors (Lipinski definition) is 1. The highest BCUT2D eigenvalue weighted by Crippen LogP contribution is 2.44. The predicted octanol–water partition coefficient (Wildman–Crippen LogP) is 3.97. The third-order valence-electron chi connectivity index (χ3n) is 3.52. The zero-order valence-corrected chi connectivity index (χ0v) is 11.5. The van der Waals surface area contributed by atoms with E-state index in [4.69, 9.17) is 16.3 Å². The number of ether oxygens (including phenoxy) is 1. The van der Waals surface area contributed by atoms with Crippen LogP contribution in [-0.2, 0) is 11.7 Å². The van der Waals surface area contributed by atoms with Crippen molar-refractivity contribution >= 4 is 11.6 Å². The summed E-state index contributed by atoms with van der Waals surface area (Å²) in [6.07, 6.45) is -2.66. The van der Waals surface area contributed by atoms with Crippen LogP contribution in [0.25, 0.3) is 0 Å². The molecular formula is C13H15ClF3NO. The second-order valence-corrected chi connectivity index (χ2v) is 5.30. The number of alkyl halides is 3. The Labute approximate surface area is 114 Å². The quantitative estimate of drug-likeness (QED) is 0.891. The summed E-state index contributed by atoms with van der Waals surface area (Å²) in [5.41, 5.74) is -0.631. The molecular weight excluding hydrogens is 279 g/mol. The Morgan fingerprint density at radius 1 is 1.37 bits per heavy atom. The van der Waals surface area contributed by atoms with Crippen LogP contribution in [0.15, 0.2) is 12.1 Å². The monoisotopic (exact) mass is 293 g/mol. The zero-order chi connectivity index (χ0) is 14.3. The number of nitrogens with one attached hydrogen (secondary N) is 1. The highest BCUT2D eigenvalue weighted by Gasteiger charge is 2.38. The van der Waals surface area contributed by atoms with Crippen LogP contribution in [0.3, 0.4) is 0 Å². The van der Waals surface area contributed by atoms with Gasteiger partial charge in [0.25, 0.3) is 0 Å². The molecule has 0 spiro atoms. The molecule has 0 bridgehead atoms. The summed E-state index contributed by atoms with van der Waals surface area (Å²) in [5, 5.41) is 3.36. The van der Waals surface area contributed by atoms with E-state index in [-0.39, 0.29) is 10.8 Å². The van der Waals surface area contributed by atoms with Gasteiger partial charge in [0.15, 0.2) is 0 Å². The van der Waals surface area contributed by atoms with Crippen molar-refractivity contribution in [2.75, 3.05) is 13.7 Å². The van der Waals surface area contributed by atoms with Crippen LogP contribution in [-0.4, -0.2) is 13.7 Å². The third kappa shape index (κ3) is 2.67. The van der Waals surface area contributed by atoms with Gasteiger partial charge in [-0.25, -0.2) is 0 Å². The predicted molar refractivity (Wildman–Crippen MR) is 67.6 cm³/mol. The third-order valence-corrected chi connectivity index (χ3v) is 3.82. The van der Waals surface area contributed by atoms with Crippen molar-refractivity contribution in [2.24, 2.45) is 0 Å². The van der Waals surface area contributed by atoms with Crippen molar-refractivity contribution in [1.82, 2.24) is 5.32 Å². The van der Waals surface area contributed by atoms with Crippen LogP contribution in [0, 0.1) is 0 Å². The molecule has 1 fully saturated rings. The van der Waals surface area contributed by atoms with Crippen molar-refractivity contribution in [3.05, 3.63) is 28.3 Å². The van der Waals surface area contributed by atoms with Crippen LogP contribution < -0.4 is 10.1 Å². The molecule has 1 heterocycles. The number of rotatable bonds is 2. The van der Waals surface area contributed by atoms with Gasteiger partial charge in [0.2, 0.25) is 0 Å². The van der Waals surface area contributed by atoms with Gasteiger partial charge in [0, 0.05) is 16.1 Å². The Morgan fingerprint density at radius 2 is 2.05 bits per heavy atom. The van der Waals surface area contributed by atoms with Gasteiger partial charge in [-0.2, -0.15) is 13.2 Å². The number of methoxy groups -OCH3 is 1. The van der Waals surface area contributed by atoms with Gasteiger partial charge in [-0.3, -0.25) is 0 Å². The molecule has 0 aromatic heterocycles. The van der Waals surface area contributed by atoms with E-state index in [9.17, 15) is 13.2 Å². The largest absolute Gasteiger partial charge is 0.496 e. The lowest BCUT2D eigenvalue weighted by Gasteiger charge is -2.28. The molecule has 0 aliphatic carbocycles. The maximum Gasteiger partial charge on any atom is 0.416 e. The van der Waals surface area contributed by atoms with E-state index in [2.05, 4.69) is 5.32 Å². The molecule has 0 radical (unpaired) electrons. The van der Waals surface area contributed by atoms with Gasteiger partial charge in [0.05, 0.1) is 12.7 Å². The minimum absolute atomic E-state index is 0.0866. The van der Waals surface area contributed by atoms with Crippen LogP contribution >= 0.6 is 11.6 Å². The molecule has 1 N–H and O–H groups in total. The second kappa shape index (κ2) is 4.87. The molecule has 1 aliphatic rings. The van der Waals surface area contributed by atoms with Crippen LogP contribution in [0.4, 0.5) is 13.2 Å². The lowest BCUT2D eigenvalue weighted by atomic mass is 9.89. The summed E-state index contributed by atoms with van der Waals surface area (Å²) in [6.45, 7) is 2.74. The maximum absolute atomic E-state index is 12.8. The summed E-state index contributed by atoms with van der Waals surface area (Å²) < 4.78 is 43.4. The molecule has 19 heavy (non-hydrogen) atoms. The average molecular weight is 294 g/mol. The topological polar surface area (TPSA) is 21.3 Å². The first kappa shape index (κ1) is 14.5. The Morgan fingerprint density at radius 3 is 2.53 bits per heavy atom. The molecule has 6 heteroatoms. The zero-order valence-electron chi connectivity index (χ0n) is 10.7. The molecule has 2 nitrogen and oxygen atoms in total. The van der Waals surface area contributed by atoms with Crippen molar-refractivity contribution in [3.63, 3.8) is 0 Å². The molecule has 0 saturated carbocycles. The number of halogens is 4. The lowest BCUT2D eigenvalue weighted by molar-refractivity contribution is -0.137. The van der Waals surface area contributed by atoms with Crippen molar-refractivity contribution < 1.29 is 17.9 Å². The van der Waals surface area contributed by atoms with E-state index in [1.165, 1.54) is 7.11 Å². The smallest absolute Gasteiger partial charge is 0.416 e. The van der Waals surface area contributed by atoms with Gasteiger partial charge >= 0.3 is 6.18 Å². The van der Waals surface area contributed by atoms with Gasteiger partial charge in [-0.1, -0.05) is 11.6 Å². The fourth-order valence-corrected chi connectivity index (χ4v) is 2.97. The summed E-state index contributed by atoms with van der Waals surface area (Å²) in [7, 11) is 1.35. The van der Waals surface area contributed by atoms with Gasteiger partial charge in [0.1, 0.15) is 5.75 Å². The molecule has 0 amide bonds. The number of benzene rings is 1. The van der Waals surface area contributed by atoms with E-state index >= 15 is 0 Å². The summed E-state index contributed by atoms with van der Waals surface area (Å²) >= 11 is 6.07. The molecule has 106 valence electrons. The van der Waals surface area contributed by atoms with E-state index in [1.807, 2.05) is 6.92 Å². The summed E-state index contributed by atoms with van der Waals surface area (Å²) in [6, 6.07) is 1.97. The highest BCUT2D eigenvalue weighted by atomic mass is 35.5. The molecule has 1 aliphatic heterocycles. The van der Waals surface area contributed by atoms with Crippen molar-refractivity contribution in [2.45, 2.75) is 31.5 Å². The fourth-order valence-electron chi connectivity index (χ4n) is 2.55. The van der Waals surface area contributed by atoms with Crippen molar-refractivity contribution in [1.29, 1.82) is 0 Å². The Hall–Kier alpha value is -0.940. The van der Waals surface area contributed by atoms with E-state index in [0.29, 0.717) is 5.56 Å². The highest BCUT2D eigenvalue weighted by molar-refractivity contribution is 6.31. The molecule has 1 atom stereocenters. The van der Waals surface area contributed by atoms with Gasteiger partial charge in [-0.05, 0) is 38.4 Å². The first-order chi connectivity index (χ1) is 8.78. The Kier molecular flexibility index (Phi) is 3.71. The van der Waals surface area contributed by atoms with Crippen LogP contribution in [0.1, 0.15) is 30.9 Å². The van der Waals surface area contributed by atoms with Gasteiger partial charge in [-0.15, -0.1) is 0 Å². The van der Waals surface area contributed by atoms with Gasteiger partial charge < -0.3 is 10.1 Å². The Bertz CT molecular complexity index is 482. The van der Waals surface area contributed by atoms with E-state index in [1.54, 1.807) is 0 Å². The number of hydrogen-bond acceptors (Lipinski definition) is 2. The van der Waals surface area contributed by atoms with Crippen molar-refractivity contribution in [3.8, 4) is 5.75 Å². The maximum atomic E-state index is 12.8. The standard InChI is InChI=1S/C13H15ClF3NO/c1-12(4-3-5-18-12)11-9(14)6-8(13(15,16)17)7-10(11)19-2/h6-7,18H,3-5H2,1-2H3. The molecule has 1 aromatic rings. The SMILES string of the molecule is COc1cc(C(F)(F)F)cc(Cl)c1C1(C)CCCN1. The normalized spacial score (nSPS) is 23.7. The molecule has 1 saturated heterocycles. The van der Waals surface area contributed by atoms with E-state index < -0.39 is 17.3 Å². The minimum atomic E-state index is -4.43. The minimum Gasteiger partial charge on any atom is -0.496 e. The molecule has 1 unspecified atom stereocenters. The fraction of sp³-hybridized carbons (Fsp3) is 0.538. The summed E-state index contributed by atoms with van der Waals surface area (Å²) in [4.78, 5) is 0. The first-order valence-electron chi connectivity index (χ1n) is 5.98. The molecule has 1 aromatic carbocycles. The first-order valence-corrected chi connectivity index (χ1v) is 6.36. The average Bonchev–Trinajstić information content (AvgIpc) is 2.74. The van der Waals surface area contributed by atoms with Crippen LogP contribution in [0.5, 0.6) is 5.75 Å². The summed E-state index contributed by atoms with van der Waals surface area (Å²) in [5.74, 6) is 0.178. The van der Waals surface area contributed by atoms with Crippen LogP contribution in [0.2, 0.25) is 5.02 Å².